The number of hydrogen-bond donors (Lipinski definition) is 1. The predicted molar refractivity (Wildman–Crippen MR) is 168 cm³/mol. The van der Waals surface area contributed by atoms with E-state index in [-0.39, 0.29) is 38.0 Å². The van der Waals surface area contributed by atoms with E-state index >= 15 is 0 Å². The van der Waals surface area contributed by atoms with Crippen LogP contribution in [0.25, 0.3) is 0 Å². The molecule has 0 unspecified atom stereocenters. The SMILES string of the molecule is Cc1cccc(Cc2nnc(C(=O)[C@@H](NC(=O)CN3C[C@@H](c4ccccc4)N(C(=O)OCc4ccccc4)CC3=O)C(C)C)o2)c1. The third kappa shape index (κ3) is 8.03. The maximum Gasteiger partial charge on any atom is 0.411 e. The lowest BCUT2D eigenvalue weighted by molar-refractivity contribution is -0.141. The number of carbonyl (C=O) groups is 4. The molecule has 5 rings (SSSR count). The van der Waals surface area contributed by atoms with E-state index < -0.39 is 35.8 Å². The molecule has 0 radical (unpaired) electrons. The number of Topliss-reactive ketones (excluding diaryl/α,β-unsaturated/α-hetero) is 1. The number of aryl methyl sites for hydroxylation is 1. The molecule has 11 heteroatoms. The molecule has 0 saturated carbocycles. The van der Waals surface area contributed by atoms with Crippen LogP contribution in [0.4, 0.5) is 4.79 Å². The Labute approximate surface area is 267 Å². The van der Waals surface area contributed by atoms with Gasteiger partial charge in [-0.1, -0.05) is 104 Å². The molecule has 0 bridgehead atoms. The highest BCUT2D eigenvalue weighted by Gasteiger charge is 2.38. The summed E-state index contributed by atoms with van der Waals surface area (Å²) >= 11 is 0. The van der Waals surface area contributed by atoms with Gasteiger partial charge in [-0.05, 0) is 29.5 Å². The molecule has 3 amide bonds. The molecule has 4 aromatic rings. The van der Waals surface area contributed by atoms with E-state index in [1.54, 1.807) is 13.8 Å². The first kappa shape index (κ1) is 32.1. The summed E-state index contributed by atoms with van der Waals surface area (Å²) in [4.78, 5) is 55.8. The van der Waals surface area contributed by atoms with Crippen molar-refractivity contribution in [2.24, 2.45) is 5.92 Å². The second-order valence-electron chi connectivity index (χ2n) is 11.7. The fraction of sp³-hybridized carbons (Fsp3) is 0.314. The molecule has 11 nitrogen and oxygen atoms in total. The molecule has 1 aliphatic heterocycles. The number of hydrogen-bond acceptors (Lipinski definition) is 8. The quantitative estimate of drug-likeness (QED) is 0.241. The number of amides is 3. The Morgan fingerprint density at radius 2 is 1.65 bits per heavy atom. The van der Waals surface area contributed by atoms with Gasteiger partial charge in [0.25, 0.3) is 5.89 Å². The van der Waals surface area contributed by atoms with Gasteiger partial charge in [0.15, 0.2) is 0 Å². The zero-order chi connectivity index (χ0) is 32.6. The molecule has 1 N–H and O–H groups in total. The van der Waals surface area contributed by atoms with Crippen molar-refractivity contribution in [1.82, 2.24) is 25.3 Å². The van der Waals surface area contributed by atoms with Crippen LogP contribution in [0.15, 0.2) is 89.3 Å². The van der Waals surface area contributed by atoms with Gasteiger partial charge in [0.1, 0.15) is 13.2 Å². The second kappa shape index (κ2) is 14.6. The van der Waals surface area contributed by atoms with E-state index in [0.717, 1.165) is 22.3 Å². The molecular weight excluding hydrogens is 586 g/mol. The smallest absolute Gasteiger partial charge is 0.411 e. The number of aromatic nitrogens is 2. The first-order valence-corrected chi connectivity index (χ1v) is 15.2. The summed E-state index contributed by atoms with van der Waals surface area (Å²) in [7, 11) is 0. The first-order chi connectivity index (χ1) is 22.2. The highest BCUT2D eigenvalue weighted by molar-refractivity contribution is 5.99. The van der Waals surface area contributed by atoms with Gasteiger partial charge in [0.05, 0.1) is 25.0 Å². The van der Waals surface area contributed by atoms with Crippen molar-refractivity contribution < 1.29 is 28.3 Å². The lowest BCUT2D eigenvalue weighted by Crippen LogP contribution is -2.57. The Morgan fingerprint density at radius 3 is 2.35 bits per heavy atom. The maximum atomic E-state index is 13.4. The van der Waals surface area contributed by atoms with Crippen molar-refractivity contribution in [1.29, 1.82) is 0 Å². The van der Waals surface area contributed by atoms with Gasteiger partial charge in [-0.3, -0.25) is 19.3 Å². The Kier molecular flexibility index (Phi) is 10.2. The van der Waals surface area contributed by atoms with Crippen molar-refractivity contribution in [3.8, 4) is 0 Å². The number of rotatable bonds is 11. The Hall–Kier alpha value is -5.32. The minimum absolute atomic E-state index is 0.0656. The van der Waals surface area contributed by atoms with Gasteiger partial charge in [-0.25, -0.2) is 4.79 Å². The third-order valence-corrected chi connectivity index (χ3v) is 7.77. The number of benzene rings is 3. The summed E-state index contributed by atoms with van der Waals surface area (Å²) in [6, 6.07) is 24.9. The predicted octanol–water partition coefficient (Wildman–Crippen LogP) is 4.51. The van der Waals surface area contributed by atoms with Crippen molar-refractivity contribution in [2.75, 3.05) is 19.6 Å². The minimum Gasteiger partial charge on any atom is -0.445 e. The van der Waals surface area contributed by atoms with Crippen molar-refractivity contribution >= 4 is 23.7 Å². The average Bonchev–Trinajstić information content (AvgIpc) is 3.52. The van der Waals surface area contributed by atoms with E-state index in [4.69, 9.17) is 9.15 Å². The Bertz CT molecular complexity index is 1670. The summed E-state index contributed by atoms with van der Waals surface area (Å²) in [5, 5.41) is 10.7. The van der Waals surface area contributed by atoms with Gasteiger partial charge in [-0.15, -0.1) is 10.2 Å². The Morgan fingerprint density at radius 1 is 0.957 bits per heavy atom. The number of nitrogens with one attached hydrogen (secondary N) is 1. The van der Waals surface area contributed by atoms with Gasteiger partial charge in [0.2, 0.25) is 23.5 Å². The van der Waals surface area contributed by atoms with Crippen molar-refractivity contribution in [3.63, 3.8) is 0 Å². The molecule has 0 spiro atoms. The fourth-order valence-electron chi connectivity index (χ4n) is 5.35. The van der Waals surface area contributed by atoms with E-state index in [9.17, 15) is 19.2 Å². The van der Waals surface area contributed by atoms with Crippen LogP contribution in [0.2, 0.25) is 0 Å². The van der Waals surface area contributed by atoms with Crippen LogP contribution < -0.4 is 5.32 Å². The van der Waals surface area contributed by atoms with Crippen molar-refractivity contribution in [3.05, 3.63) is 119 Å². The zero-order valence-corrected chi connectivity index (χ0v) is 26.1. The normalized spacial score (nSPS) is 15.5. The van der Waals surface area contributed by atoms with E-state index in [1.165, 1.54) is 9.80 Å². The van der Waals surface area contributed by atoms with Crippen LogP contribution in [-0.2, 0) is 27.4 Å². The number of piperazine rings is 1. The summed E-state index contributed by atoms with van der Waals surface area (Å²) < 4.78 is 11.2. The standard InChI is InChI=1S/C35H37N5O6/c1-23(2)32(33(43)34-38-37-30(46-34)18-26-14-10-11-24(3)17-26)36-29(41)20-39-19-28(27-15-8-5-9-16-27)40(21-31(39)42)35(44)45-22-25-12-6-4-7-13-25/h4-17,23,28,32H,18-22H2,1-3H3,(H,36,41)/t28-,32-/m0/s1. The molecule has 0 aliphatic carbocycles. The second-order valence-corrected chi connectivity index (χ2v) is 11.7. The van der Waals surface area contributed by atoms with Crippen LogP contribution >= 0.6 is 0 Å². The molecule has 1 aromatic heterocycles. The van der Waals surface area contributed by atoms with Gasteiger partial charge < -0.3 is 19.4 Å². The van der Waals surface area contributed by atoms with Crippen LogP contribution in [0, 0.1) is 12.8 Å². The van der Waals surface area contributed by atoms with Crippen LogP contribution in [0.3, 0.4) is 0 Å². The molecule has 1 aliphatic rings. The van der Waals surface area contributed by atoms with E-state index in [1.807, 2.05) is 91.9 Å². The number of ether oxygens (including phenoxy) is 1. The van der Waals surface area contributed by atoms with E-state index in [2.05, 4.69) is 15.5 Å². The first-order valence-electron chi connectivity index (χ1n) is 15.2. The molecule has 46 heavy (non-hydrogen) atoms. The van der Waals surface area contributed by atoms with Crippen molar-refractivity contribution in [2.45, 2.75) is 45.9 Å². The fourth-order valence-corrected chi connectivity index (χ4v) is 5.35. The van der Waals surface area contributed by atoms with Crippen LogP contribution in [0.5, 0.6) is 0 Å². The number of nitrogens with zero attached hydrogens (tertiary/aromatic N) is 4. The largest absolute Gasteiger partial charge is 0.445 e. The van der Waals surface area contributed by atoms with Crippen LogP contribution in [0.1, 0.15) is 58.7 Å². The monoisotopic (exact) mass is 623 g/mol. The molecular formula is C35H37N5O6. The van der Waals surface area contributed by atoms with Gasteiger partial charge in [-0.2, -0.15) is 0 Å². The molecule has 238 valence electrons. The summed E-state index contributed by atoms with van der Waals surface area (Å²) in [5.74, 6) is -1.64. The van der Waals surface area contributed by atoms with Gasteiger partial charge >= 0.3 is 6.09 Å². The zero-order valence-electron chi connectivity index (χ0n) is 26.1. The molecule has 2 heterocycles. The van der Waals surface area contributed by atoms with Crippen LogP contribution in [-0.4, -0.2) is 69.4 Å². The molecule has 3 aromatic carbocycles. The molecule has 2 atom stereocenters. The number of carbonyl (C=O) groups excluding carboxylic acids is 4. The average molecular weight is 624 g/mol. The third-order valence-electron chi connectivity index (χ3n) is 7.77. The highest BCUT2D eigenvalue weighted by atomic mass is 16.6. The molecule has 1 fully saturated rings. The summed E-state index contributed by atoms with van der Waals surface area (Å²) in [5.41, 5.74) is 3.68. The van der Waals surface area contributed by atoms with Gasteiger partial charge in [0, 0.05) is 6.54 Å². The minimum atomic E-state index is -0.950. The Balaban J connectivity index is 1.24. The lowest BCUT2D eigenvalue weighted by atomic mass is 9.99. The number of ketones is 1. The van der Waals surface area contributed by atoms with E-state index in [0.29, 0.717) is 12.3 Å². The lowest BCUT2D eigenvalue weighted by Gasteiger charge is -2.40. The molecule has 1 saturated heterocycles. The summed E-state index contributed by atoms with van der Waals surface area (Å²) in [6.07, 6.45) is -0.251. The maximum absolute atomic E-state index is 13.4. The topological polar surface area (TPSA) is 135 Å². The highest BCUT2D eigenvalue weighted by Crippen LogP contribution is 2.27. The summed E-state index contributed by atoms with van der Waals surface area (Å²) in [6.45, 7) is 5.15.